The van der Waals surface area contributed by atoms with Gasteiger partial charge >= 0.3 is 0 Å². The molecule has 8 nitrogen and oxygen atoms in total. The normalized spacial score (nSPS) is 16.9. The molecule has 164 valence electrons. The molecule has 0 saturated carbocycles. The quantitative estimate of drug-likeness (QED) is 0.624. The fourth-order valence-corrected chi connectivity index (χ4v) is 4.44. The van der Waals surface area contributed by atoms with Crippen LogP contribution in [0.1, 0.15) is 50.4 Å². The molecule has 10 heteroatoms. The van der Waals surface area contributed by atoms with Gasteiger partial charge in [0.25, 0.3) is 5.56 Å². The number of aromatic amines is 1. The van der Waals surface area contributed by atoms with Crippen molar-refractivity contribution in [2.75, 3.05) is 13.1 Å². The Bertz CT molecular complexity index is 1150. The number of carbonyl (C=O) groups excluding carboxylic acids is 1. The molecule has 3 heterocycles. The maximum Gasteiger partial charge on any atom is 0.281 e. The number of hydrogen-bond donors (Lipinski definition) is 1. The molecule has 1 aliphatic heterocycles. The molecule has 1 amide bonds. The fraction of sp³-hybridized carbons (Fsp3) is 0.476. The molecule has 0 bridgehead atoms. The number of hydrogen-bond acceptors (Lipinski definition) is 5. The number of likely N-dealkylation sites (tertiary alicyclic amines) is 1. The van der Waals surface area contributed by atoms with E-state index in [2.05, 4.69) is 20.3 Å². The van der Waals surface area contributed by atoms with Crippen molar-refractivity contribution < 1.29 is 4.79 Å². The lowest BCUT2D eigenvalue weighted by Crippen LogP contribution is -2.40. The lowest BCUT2D eigenvalue weighted by atomic mass is 9.96. The first-order chi connectivity index (χ1) is 14.8. The molecule has 31 heavy (non-hydrogen) atoms. The molecule has 3 aromatic rings. The molecule has 4 rings (SSSR count). The summed E-state index contributed by atoms with van der Waals surface area (Å²) in [6.07, 6.45) is 2.23. The van der Waals surface area contributed by atoms with Gasteiger partial charge in [-0.15, -0.1) is 5.10 Å². The van der Waals surface area contributed by atoms with E-state index < -0.39 is 0 Å². The van der Waals surface area contributed by atoms with Crippen LogP contribution in [0.3, 0.4) is 0 Å². The lowest BCUT2D eigenvalue weighted by Gasteiger charge is -2.32. The summed E-state index contributed by atoms with van der Waals surface area (Å²) in [5.41, 5.74) is 0.877. The van der Waals surface area contributed by atoms with Gasteiger partial charge in [-0.05, 0) is 30.9 Å². The van der Waals surface area contributed by atoms with Gasteiger partial charge in [0, 0.05) is 41.0 Å². The number of amides is 1. The minimum atomic E-state index is -0.345. The van der Waals surface area contributed by atoms with Crippen LogP contribution >= 0.6 is 23.2 Å². The highest BCUT2D eigenvalue weighted by atomic mass is 35.5. The summed E-state index contributed by atoms with van der Waals surface area (Å²) in [4.78, 5) is 34.6. The second-order valence-corrected chi connectivity index (χ2v) is 9.16. The van der Waals surface area contributed by atoms with Crippen LogP contribution in [0.25, 0.3) is 11.2 Å². The number of carbonyl (C=O) groups is 1. The Morgan fingerprint density at radius 1 is 1.29 bits per heavy atom. The van der Waals surface area contributed by atoms with Crippen molar-refractivity contribution >= 4 is 40.3 Å². The van der Waals surface area contributed by atoms with Crippen LogP contribution in [-0.4, -0.2) is 48.9 Å². The van der Waals surface area contributed by atoms with Gasteiger partial charge in [0.2, 0.25) is 5.91 Å². The van der Waals surface area contributed by atoms with Crippen LogP contribution in [0.15, 0.2) is 23.0 Å². The standard InChI is InChI=1S/C21H24Cl2N6O2/c1-12(2)9-17(30)28-8-4-5-13(10-28)19-24-20-18(21(31)25-19)26-27-29(20)11-14-15(22)6-3-7-16(14)23/h3,6-7,12-13H,4-5,8-11H2,1-2H3,(H,24,25,31)/t13-/m1/s1. The summed E-state index contributed by atoms with van der Waals surface area (Å²) in [6, 6.07) is 5.26. The minimum Gasteiger partial charge on any atom is -0.342 e. The first-order valence-electron chi connectivity index (χ1n) is 10.4. The SMILES string of the molecule is CC(C)CC(=O)N1CCC[C@@H](c2nc3c(nnn3Cc3c(Cl)cccc3Cl)c(=O)[nH]2)C1. The Labute approximate surface area is 189 Å². The molecule has 1 fully saturated rings. The second-order valence-electron chi connectivity index (χ2n) is 8.35. The summed E-state index contributed by atoms with van der Waals surface area (Å²) >= 11 is 12.6. The van der Waals surface area contributed by atoms with Gasteiger partial charge in [0.1, 0.15) is 5.82 Å². The van der Waals surface area contributed by atoms with Crippen molar-refractivity contribution in [3.63, 3.8) is 0 Å². The third-order valence-electron chi connectivity index (χ3n) is 5.51. The van der Waals surface area contributed by atoms with E-state index in [0.29, 0.717) is 46.0 Å². The van der Waals surface area contributed by atoms with E-state index >= 15 is 0 Å². The maximum atomic E-state index is 12.7. The van der Waals surface area contributed by atoms with Crippen LogP contribution in [0, 0.1) is 5.92 Å². The third-order valence-corrected chi connectivity index (χ3v) is 6.21. The summed E-state index contributed by atoms with van der Waals surface area (Å²) in [7, 11) is 0. The van der Waals surface area contributed by atoms with Gasteiger partial charge in [-0.1, -0.05) is 48.3 Å². The highest BCUT2D eigenvalue weighted by molar-refractivity contribution is 6.36. The Morgan fingerprint density at radius 2 is 2.03 bits per heavy atom. The van der Waals surface area contributed by atoms with E-state index in [1.54, 1.807) is 18.2 Å². The minimum absolute atomic E-state index is 0.0470. The maximum absolute atomic E-state index is 12.7. The zero-order valence-corrected chi connectivity index (χ0v) is 18.9. The Hall–Kier alpha value is -2.45. The van der Waals surface area contributed by atoms with Crippen LogP contribution in [0.5, 0.6) is 0 Å². The molecule has 2 aromatic heterocycles. The molecule has 1 saturated heterocycles. The number of nitrogens with zero attached hydrogens (tertiary/aromatic N) is 5. The second kappa shape index (κ2) is 8.96. The van der Waals surface area contributed by atoms with E-state index in [9.17, 15) is 9.59 Å². The van der Waals surface area contributed by atoms with Crippen LogP contribution in [0.4, 0.5) is 0 Å². The van der Waals surface area contributed by atoms with Crippen LogP contribution < -0.4 is 5.56 Å². The van der Waals surface area contributed by atoms with E-state index in [0.717, 1.165) is 19.4 Å². The molecule has 0 unspecified atom stereocenters. The van der Waals surface area contributed by atoms with Crippen molar-refractivity contribution in [3.05, 3.63) is 50.0 Å². The number of rotatable bonds is 5. The lowest BCUT2D eigenvalue weighted by molar-refractivity contribution is -0.133. The van der Waals surface area contributed by atoms with Crippen molar-refractivity contribution in [1.82, 2.24) is 29.9 Å². The van der Waals surface area contributed by atoms with Gasteiger partial charge in [-0.2, -0.15) is 0 Å². The predicted molar refractivity (Wildman–Crippen MR) is 120 cm³/mol. The van der Waals surface area contributed by atoms with Crippen molar-refractivity contribution in [3.8, 4) is 0 Å². The number of H-pyrrole nitrogens is 1. The highest BCUT2D eigenvalue weighted by Crippen LogP contribution is 2.27. The molecule has 0 aliphatic carbocycles. The summed E-state index contributed by atoms with van der Waals surface area (Å²) < 4.78 is 1.53. The van der Waals surface area contributed by atoms with Crippen molar-refractivity contribution in [2.45, 2.75) is 45.6 Å². The summed E-state index contributed by atoms with van der Waals surface area (Å²) in [5, 5.41) is 9.10. The average Bonchev–Trinajstić information content (AvgIpc) is 3.14. The molecule has 0 radical (unpaired) electrons. The first kappa shape index (κ1) is 21.8. The number of halogens is 2. The van der Waals surface area contributed by atoms with Gasteiger partial charge in [0.15, 0.2) is 11.2 Å². The number of piperidine rings is 1. The highest BCUT2D eigenvalue weighted by Gasteiger charge is 2.27. The van der Waals surface area contributed by atoms with Gasteiger partial charge in [-0.3, -0.25) is 9.59 Å². The van der Waals surface area contributed by atoms with E-state index in [1.807, 2.05) is 18.7 Å². The fourth-order valence-electron chi connectivity index (χ4n) is 3.92. The number of nitrogens with one attached hydrogen (secondary N) is 1. The Morgan fingerprint density at radius 3 is 2.74 bits per heavy atom. The van der Waals surface area contributed by atoms with Crippen molar-refractivity contribution in [2.24, 2.45) is 5.92 Å². The molecule has 0 spiro atoms. The zero-order chi connectivity index (χ0) is 22.1. The van der Waals surface area contributed by atoms with Crippen LogP contribution in [0.2, 0.25) is 10.0 Å². The topological polar surface area (TPSA) is 96.8 Å². The number of aromatic nitrogens is 5. The predicted octanol–water partition coefficient (Wildman–Crippen LogP) is 3.62. The van der Waals surface area contributed by atoms with Crippen LogP contribution in [-0.2, 0) is 11.3 Å². The Balaban J connectivity index is 1.65. The third kappa shape index (κ3) is 4.60. The van der Waals surface area contributed by atoms with Gasteiger partial charge in [-0.25, -0.2) is 9.67 Å². The molecule has 1 N–H and O–H groups in total. The van der Waals surface area contributed by atoms with Crippen molar-refractivity contribution in [1.29, 1.82) is 0 Å². The Kier molecular flexibility index (Phi) is 6.29. The summed E-state index contributed by atoms with van der Waals surface area (Å²) in [6.45, 7) is 5.59. The van der Waals surface area contributed by atoms with Gasteiger partial charge < -0.3 is 9.88 Å². The monoisotopic (exact) mass is 462 g/mol. The molecule has 1 aliphatic rings. The molecular formula is C21H24Cl2N6O2. The number of fused-ring (bicyclic) bond motifs is 1. The molecule has 1 atom stereocenters. The van der Waals surface area contributed by atoms with Gasteiger partial charge in [0.05, 0.1) is 6.54 Å². The van der Waals surface area contributed by atoms with E-state index in [-0.39, 0.29) is 29.4 Å². The van der Waals surface area contributed by atoms with E-state index in [1.165, 1.54) is 4.68 Å². The van der Waals surface area contributed by atoms with E-state index in [4.69, 9.17) is 23.2 Å². The zero-order valence-electron chi connectivity index (χ0n) is 17.4. The summed E-state index contributed by atoms with van der Waals surface area (Å²) in [5.74, 6) is 0.949. The average molecular weight is 463 g/mol. The smallest absolute Gasteiger partial charge is 0.281 e. The molecular weight excluding hydrogens is 439 g/mol. The number of benzene rings is 1. The molecule has 1 aromatic carbocycles. The first-order valence-corrected chi connectivity index (χ1v) is 11.1. The largest absolute Gasteiger partial charge is 0.342 e.